The molecule has 3 nitrogen and oxygen atoms in total. The van der Waals surface area contributed by atoms with Gasteiger partial charge in [0.2, 0.25) is 0 Å². The number of fused-ring (bicyclic) bond motifs is 1. The summed E-state index contributed by atoms with van der Waals surface area (Å²) in [5.74, 6) is 0. The zero-order valence-corrected chi connectivity index (χ0v) is 16.4. The van der Waals surface area contributed by atoms with E-state index in [4.69, 9.17) is 4.42 Å². The highest BCUT2D eigenvalue weighted by molar-refractivity contribution is 9.10. The summed E-state index contributed by atoms with van der Waals surface area (Å²) in [6.07, 6.45) is 1.03. The number of hydrogen-bond donors (Lipinski definition) is 1. The molecule has 0 aliphatic rings. The Morgan fingerprint density at radius 3 is 2.44 bits per heavy atom. The molecule has 1 heterocycles. The van der Waals surface area contributed by atoms with Crippen LogP contribution in [0.5, 0.6) is 0 Å². The van der Waals surface area contributed by atoms with Crippen LogP contribution in [0.2, 0.25) is 0 Å². The van der Waals surface area contributed by atoms with Gasteiger partial charge in [0.05, 0.1) is 0 Å². The van der Waals surface area contributed by atoms with Crippen LogP contribution in [0.1, 0.15) is 41.6 Å². The molecule has 2 aromatic carbocycles. The summed E-state index contributed by atoms with van der Waals surface area (Å²) in [7, 11) is 0. The first-order valence-electron chi connectivity index (χ1n) is 8.60. The maximum absolute atomic E-state index is 11.9. The van der Waals surface area contributed by atoms with Crippen LogP contribution in [0, 0.1) is 13.8 Å². The summed E-state index contributed by atoms with van der Waals surface area (Å²) < 4.78 is 6.48. The van der Waals surface area contributed by atoms with E-state index >= 15 is 0 Å². The third-order valence-electron chi connectivity index (χ3n) is 4.80. The first-order chi connectivity index (χ1) is 12.0. The highest BCUT2D eigenvalue weighted by atomic mass is 79.9. The second-order valence-electron chi connectivity index (χ2n) is 6.53. The summed E-state index contributed by atoms with van der Waals surface area (Å²) in [5, 5.41) is 3.33. The van der Waals surface area contributed by atoms with Gasteiger partial charge in [-0.3, -0.25) is 0 Å². The molecular weight excluding hydrogens is 378 g/mol. The molecule has 0 unspecified atom stereocenters. The van der Waals surface area contributed by atoms with E-state index in [1.807, 2.05) is 13.0 Å². The van der Waals surface area contributed by atoms with Gasteiger partial charge in [0.1, 0.15) is 18.2 Å². The smallest absolute Gasteiger partial charge is 0.336 e. The summed E-state index contributed by atoms with van der Waals surface area (Å²) in [6.45, 7) is 7.06. The molecule has 0 saturated heterocycles. The van der Waals surface area contributed by atoms with E-state index in [1.54, 1.807) is 6.07 Å². The Bertz CT molecular complexity index is 945. The van der Waals surface area contributed by atoms with Gasteiger partial charge in [-0.05, 0) is 49.2 Å². The van der Waals surface area contributed by atoms with Crippen molar-refractivity contribution in [2.75, 3.05) is 0 Å². The Balaban J connectivity index is 1.90. The number of quaternary nitrogens is 1. The summed E-state index contributed by atoms with van der Waals surface area (Å²) in [6, 6.07) is 14.5. The molecule has 0 amide bonds. The number of hydrogen-bond acceptors (Lipinski definition) is 2. The molecule has 0 bridgehead atoms. The Morgan fingerprint density at radius 2 is 1.76 bits per heavy atom. The zero-order valence-electron chi connectivity index (χ0n) is 14.8. The van der Waals surface area contributed by atoms with Crippen LogP contribution < -0.4 is 10.9 Å². The van der Waals surface area contributed by atoms with Gasteiger partial charge in [0.15, 0.2) is 0 Å². The predicted octanol–water partition coefficient (Wildman–Crippen LogP) is 4.39. The van der Waals surface area contributed by atoms with Gasteiger partial charge in [-0.1, -0.05) is 35.0 Å². The van der Waals surface area contributed by atoms with Crippen molar-refractivity contribution in [3.05, 3.63) is 79.6 Å². The fourth-order valence-electron chi connectivity index (χ4n) is 3.17. The highest BCUT2D eigenvalue weighted by Gasteiger charge is 2.15. The monoisotopic (exact) mass is 400 g/mol. The van der Waals surface area contributed by atoms with Gasteiger partial charge in [0.25, 0.3) is 0 Å². The molecule has 0 spiro atoms. The third kappa shape index (κ3) is 4.02. The van der Waals surface area contributed by atoms with E-state index in [0.717, 1.165) is 34.0 Å². The SMILES string of the molecule is CC[C@H]([NH2+]Cc1cc(=O)oc2cc(C)c(C)cc12)c1ccc(Br)cc1. The largest absolute Gasteiger partial charge is 0.423 e. The van der Waals surface area contributed by atoms with Gasteiger partial charge in [0, 0.05) is 33.5 Å². The van der Waals surface area contributed by atoms with E-state index in [-0.39, 0.29) is 5.63 Å². The second-order valence-corrected chi connectivity index (χ2v) is 7.45. The number of rotatable bonds is 5. The normalized spacial score (nSPS) is 12.5. The van der Waals surface area contributed by atoms with E-state index in [1.165, 1.54) is 11.1 Å². The minimum atomic E-state index is -0.282. The second kappa shape index (κ2) is 7.54. The molecule has 1 aromatic heterocycles. The quantitative estimate of drug-likeness (QED) is 0.645. The lowest BCUT2D eigenvalue weighted by molar-refractivity contribution is -0.711. The van der Waals surface area contributed by atoms with Crippen LogP contribution >= 0.6 is 15.9 Å². The van der Waals surface area contributed by atoms with E-state index in [9.17, 15) is 4.79 Å². The third-order valence-corrected chi connectivity index (χ3v) is 5.33. The summed E-state index contributed by atoms with van der Waals surface area (Å²) in [4.78, 5) is 11.9. The van der Waals surface area contributed by atoms with Crippen LogP contribution in [-0.2, 0) is 6.54 Å². The van der Waals surface area contributed by atoms with Crippen LogP contribution in [0.25, 0.3) is 11.0 Å². The number of benzene rings is 2. The standard InChI is InChI=1S/C21H22BrNO2/c1-4-19(15-5-7-17(22)8-6-15)23-12-16-11-21(24)25-20-10-14(3)13(2)9-18(16)20/h5-11,19,23H,4,12H2,1-3H3/p+1/t19-/m0/s1. The van der Waals surface area contributed by atoms with E-state index in [2.05, 4.69) is 65.4 Å². The number of nitrogens with two attached hydrogens (primary N) is 1. The minimum absolute atomic E-state index is 0.282. The topological polar surface area (TPSA) is 46.8 Å². The summed E-state index contributed by atoms with van der Waals surface area (Å²) >= 11 is 3.48. The molecule has 0 aliphatic carbocycles. The number of aryl methyl sites for hydroxylation is 2. The molecule has 25 heavy (non-hydrogen) atoms. The molecule has 2 N–H and O–H groups in total. The van der Waals surface area contributed by atoms with Crippen molar-refractivity contribution < 1.29 is 9.73 Å². The first kappa shape index (κ1) is 17.9. The number of halogens is 1. The van der Waals surface area contributed by atoms with E-state index in [0.29, 0.717) is 11.6 Å². The van der Waals surface area contributed by atoms with Gasteiger partial charge in [-0.15, -0.1) is 0 Å². The Hall–Kier alpha value is -1.91. The van der Waals surface area contributed by atoms with Crippen molar-refractivity contribution in [1.29, 1.82) is 0 Å². The highest BCUT2D eigenvalue weighted by Crippen LogP contribution is 2.22. The fraction of sp³-hybridized carbons (Fsp3) is 0.286. The Morgan fingerprint density at radius 1 is 1.08 bits per heavy atom. The van der Waals surface area contributed by atoms with Crippen molar-refractivity contribution in [2.24, 2.45) is 0 Å². The lowest BCUT2D eigenvalue weighted by Gasteiger charge is -2.15. The van der Waals surface area contributed by atoms with Crippen LogP contribution in [0.3, 0.4) is 0 Å². The molecular formula is C21H23BrNO2+. The average molecular weight is 401 g/mol. The van der Waals surface area contributed by atoms with Crippen molar-refractivity contribution >= 4 is 26.9 Å². The zero-order chi connectivity index (χ0) is 18.0. The van der Waals surface area contributed by atoms with Gasteiger partial charge >= 0.3 is 5.63 Å². The molecule has 3 rings (SSSR count). The summed E-state index contributed by atoms with van der Waals surface area (Å²) in [5.41, 5.74) is 5.07. The van der Waals surface area contributed by atoms with E-state index < -0.39 is 0 Å². The molecule has 0 fully saturated rings. The van der Waals surface area contributed by atoms with Crippen LogP contribution in [0.4, 0.5) is 0 Å². The maximum Gasteiger partial charge on any atom is 0.336 e. The first-order valence-corrected chi connectivity index (χ1v) is 9.40. The lowest BCUT2D eigenvalue weighted by atomic mass is 10.0. The molecule has 1 atom stereocenters. The molecule has 3 aromatic rings. The molecule has 130 valence electrons. The molecule has 0 radical (unpaired) electrons. The van der Waals surface area contributed by atoms with Gasteiger partial charge < -0.3 is 9.73 Å². The Labute approximate surface area is 156 Å². The molecule has 4 heteroatoms. The predicted molar refractivity (Wildman–Crippen MR) is 105 cm³/mol. The van der Waals surface area contributed by atoms with Crippen LogP contribution in [-0.4, -0.2) is 0 Å². The lowest BCUT2D eigenvalue weighted by Crippen LogP contribution is -2.83. The van der Waals surface area contributed by atoms with Gasteiger partial charge in [-0.2, -0.15) is 0 Å². The minimum Gasteiger partial charge on any atom is -0.423 e. The van der Waals surface area contributed by atoms with Crippen molar-refractivity contribution in [2.45, 2.75) is 39.8 Å². The fourth-order valence-corrected chi connectivity index (χ4v) is 3.43. The molecule has 0 aliphatic heterocycles. The maximum atomic E-state index is 11.9. The van der Waals surface area contributed by atoms with Crippen LogP contribution in [0.15, 0.2) is 56.1 Å². The molecule has 0 saturated carbocycles. The average Bonchev–Trinajstić information content (AvgIpc) is 2.58. The van der Waals surface area contributed by atoms with Gasteiger partial charge in [-0.25, -0.2) is 4.79 Å². The Kier molecular flexibility index (Phi) is 5.40. The van der Waals surface area contributed by atoms with Crippen molar-refractivity contribution in [3.8, 4) is 0 Å². The van der Waals surface area contributed by atoms with Crippen molar-refractivity contribution in [3.63, 3.8) is 0 Å². The van der Waals surface area contributed by atoms with Crippen molar-refractivity contribution in [1.82, 2.24) is 0 Å².